The predicted octanol–water partition coefficient (Wildman–Crippen LogP) is 4.37. The normalized spacial score (nSPS) is 10.3. The first-order valence-electron chi connectivity index (χ1n) is 6.59. The number of rotatable bonds is 6. The van der Waals surface area contributed by atoms with Gasteiger partial charge < -0.3 is 10.1 Å². The summed E-state index contributed by atoms with van der Waals surface area (Å²) in [5.74, 6) is -0.0531. The van der Waals surface area contributed by atoms with Crippen molar-refractivity contribution in [2.75, 3.05) is 11.9 Å². The van der Waals surface area contributed by atoms with Crippen molar-refractivity contribution in [3.05, 3.63) is 59.7 Å². The van der Waals surface area contributed by atoms with Crippen LogP contribution >= 0.6 is 0 Å². The fourth-order valence-electron chi connectivity index (χ4n) is 1.76. The molecule has 0 radical (unpaired) electrons. The van der Waals surface area contributed by atoms with Crippen molar-refractivity contribution in [2.24, 2.45) is 0 Å². The smallest absolute Gasteiger partial charge is 0.128 e. The Morgan fingerprint density at radius 2 is 1.80 bits per heavy atom. The highest BCUT2D eigenvalue weighted by Gasteiger charge is 2.03. The van der Waals surface area contributed by atoms with Crippen LogP contribution < -0.4 is 10.1 Å². The van der Waals surface area contributed by atoms with E-state index in [1.807, 2.05) is 31.2 Å². The van der Waals surface area contributed by atoms with Gasteiger partial charge in [-0.25, -0.2) is 8.78 Å². The van der Waals surface area contributed by atoms with Crippen LogP contribution in [0.15, 0.2) is 42.5 Å². The molecule has 0 heterocycles. The minimum atomic E-state index is -0.438. The first-order chi connectivity index (χ1) is 9.69. The second-order valence-electron chi connectivity index (χ2n) is 4.46. The van der Waals surface area contributed by atoms with Crippen molar-refractivity contribution >= 4 is 5.69 Å². The molecule has 0 aliphatic carbocycles. The number of hydrogen-bond donors (Lipinski definition) is 1. The molecule has 1 N–H and O–H groups in total. The Hall–Kier alpha value is -2.10. The molecule has 2 nitrogen and oxygen atoms in total. The molecular formula is C16H17F2NO. The van der Waals surface area contributed by atoms with Crippen LogP contribution in [0, 0.1) is 11.6 Å². The molecule has 2 aromatic carbocycles. The van der Waals surface area contributed by atoms with Crippen LogP contribution in [-0.2, 0) is 6.54 Å². The minimum Gasteiger partial charge on any atom is -0.494 e. The van der Waals surface area contributed by atoms with Crippen LogP contribution in [-0.4, -0.2) is 6.61 Å². The van der Waals surface area contributed by atoms with Crippen molar-refractivity contribution in [2.45, 2.75) is 19.9 Å². The van der Waals surface area contributed by atoms with E-state index in [0.717, 1.165) is 30.0 Å². The van der Waals surface area contributed by atoms with Gasteiger partial charge in [-0.3, -0.25) is 0 Å². The Morgan fingerprint density at radius 3 is 2.50 bits per heavy atom. The van der Waals surface area contributed by atoms with Gasteiger partial charge in [-0.2, -0.15) is 0 Å². The number of benzene rings is 2. The highest BCUT2D eigenvalue weighted by molar-refractivity contribution is 5.46. The fourth-order valence-corrected chi connectivity index (χ4v) is 1.76. The van der Waals surface area contributed by atoms with E-state index in [0.29, 0.717) is 12.2 Å². The summed E-state index contributed by atoms with van der Waals surface area (Å²) in [5, 5.41) is 3.05. The SMILES string of the molecule is CCCOc1ccc(NCc2cc(F)ccc2F)cc1. The van der Waals surface area contributed by atoms with Crippen LogP contribution in [0.5, 0.6) is 5.75 Å². The topological polar surface area (TPSA) is 21.3 Å². The van der Waals surface area contributed by atoms with E-state index in [4.69, 9.17) is 4.74 Å². The van der Waals surface area contributed by atoms with E-state index >= 15 is 0 Å². The van der Waals surface area contributed by atoms with Crippen molar-refractivity contribution in [3.63, 3.8) is 0 Å². The van der Waals surface area contributed by atoms with E-state index in [-0.39, 0.29) is 6.54 Å². The first kappa shape index (κ1) is 14.3. The highest BCUT2D eigenvalue weighted by Crippen LogP contribution is 2.17. The molecule has 0 aliphatic heterocycles. The Morgan fingerprint density at radius 1 is 1.05 bits per heavy atom. The molecule has 0 aromatic heterocycles. The van der Waals surface area contributed by atoms with Gasteiger partial charge in [0.15, 0.2) is 0 Å². The molecule has 2 aromatic rings. The summed E-state index contributed by atoms with van der Waals surface area (Å²) in [7, 11) is 0. The summed E-state index contributed by atoms with van der Waals surface area (Å²) >= 11 is 0. The van der Waals surface area contributed by atoms with Gasteiger partial charge >= 0.3 is 0 Å². The maximum absolute atomic E-state index is 13.4. The van der Waals surface area contributed by atoms with Gasteiger partial charge in [-0.05, 0) is 48.9 Å². The average Bonchev–Trinajstić information content (AvgIpc) is 2.47. The second-order valence-corrected chi connectivity index (χ2v) is 4.46. The van der Waals surface area contributed by atoms with Crippen LogP contribution in [0.2, 0.25) is 0 Å². The van der Waals surface area contributed by atoms with Gasteiger partial charge in [0.05, 0.1) is 6.61 Å². The third kappa shape index (κ3) is 3.95. The number of anilines is 1. The van der Waals surface area contributed by atoms with Gasteiger partial charge in [0.25, 0.3) is 0 Å². The molecular weight excluding hydrogens is 260 g/mol. The van der Waals surface area contributed by atoms with Crippen molar-refractivity contribution in [3.8, 4) is 5.75 Å². The van der Waals surface area contributed by atoms with Crippen LogP contribution in [0.1, 0.15) is 18.9 Å². The molecule has 0 fully saturated rings. The molecule has 0 saturated carbocycles. The van der Waals surface area contributed by atoms with Gasteiger partial charge in [-0.1, -0.05) is 6.92 Å². The molecule has 106 valence electrons. The molecule has 20 heavy (non-hydrogen) atoms. The van der Waals surface area contributed by atoms with Gasteiger partial charge in [0.2, 0.25) is 0 Å². The largest absolute Gasteiger partial charge is 0.494 e. The molecule has 0 spiro atoms. The van der Waals surface area contributed by atoms with E-state index in [1.54, 1.807) is 0 Å². The summed E-state index contributed by atoms with van der Waals surface area (Å²) < 4.78 is 32.0. The van der Waals surface area contributed by atoms with E-state index in [1.165, 1.54) is 6.07 Å². The number of nitrogens with one attached hydrogen (secondary N) is 1. The second kappa shape index (κ2) is 6.89. The van der Waals surface area contributed by atoms with Gasteiger partial charge in [0, 0.05) is 17.8 Å². The van der Waals surface area contributed by atoms with Crippen LogP contribution in [0.4, 0.5) is 14.5 Å². The van der Waals surface area contributed by atoms with E-state index in [9.17, 15) is 8.78 Å². The number of halogens is 2. The van der Waals surface area contributed by atoms with E-state index in [2.05, 4.69) is 5.32 Å². The van der Waals surface area contributed by atoms with E-state index < -0.39 is 11.6 Å². The summed E-state index contributed by atoms with van der Waals surface area (Å²) in [6.45, 7) is 2.96. The maximum Gasteiger partial charge on any atom is 0.128 e. The van der Waals surface area contributed by atoms with Gasteiger partial charge in [-0.15, -0.1) is 0 Å². The lowest BCUT2D eigenvalue weighted by Crippen LogP contribution is -2.02. The van der Waals surface area contributed by atoms with Crippen molar-refractivity contribution in [1.82, 2.24) is 0 Å². The zero-order chi connectivity index (χ0) is 14.4. The van der Waals surface area contributed by atoms with Crippen LogP contribution in [0.3, 0.4) is 0 Å². The highest BCUT2D eigenvalue weighted by atomic mass is 19.1. The maximum atomic E-state index is 13.4. The summed E-state index contributed by atoms with van der Waals surface area (Å²) in [6.07, 6.45) is 0.957. The zero-order valence-corrected chi connectivity index (χ0v) is 11.3. The summed E-state index contributed by atoms with van der Waals surface area (Å²) in [4.78, 5) is 0. The lowest BCUT2D eigenvalue weighted by molar-refractivity contribution is 0.317. The third-order valence-corrected chi connectivity index (χ3v) is 2.82. The van der Waals surface area contributed by atoms with Gasteiger partial charge in [0.1, 0.15) is 17.4 Å². The average molecular weight is 277 g/mol. The third-order valence-electron chi connectivity index (χ3n) is 2.82. The molecule has 4 heteroatoms. The Labute approximate surface area is 117 Å². The lowest BCUT2D eigenvalue weighted by Gasteiger charge is -2.09. The summed E-state index contributed by atoms with van der Waals surface area (Å²) in [6, 6.07) is 10.8. The number of hydrogen-bond acceptors (Lipinski definition) is 2. The standard InChI is InChI=1S/C16H17F2NO/c1-2-9-20-15-6-4-14(5-7-15)19-11-12-10-13(17)3-8-16(12)18/h3-8,10,19H,2,9,11H2,1H3. The quantitative estimate of drug-likeness (QED) is 0.846. The van der Waals surface area contributed by atoms with Crippen LogP contribution in [0.25, 0.3) is 0 Å². The lowest BCUT2D eigenvalue weighted by atomic mass is 10.2. The number of ether oxygens (including phenoxy) is 1. The first-order valence-corrected chi connectivity index (χ1v) is 6.59. The monoisotopic (exact) mass is 277 g/mol. The Bertz CT molecular complexity index is 555. The molecule has 0 unspecified atom stereocenters. The Balaban J connectivity index is 1.95. The molecule has 2 rings (SSSR count). The molecule has 0 aliphatic rings. The predicted molar refractivity (Wildman–Crippen MR) is 75.9 cm³/mol. The fraction of sp³-hybridized carbons (Fsp3) is 0.250. The molecule has 0 amide bonds. The molecule has 0 bridgehead atoms. The van der Waals surface area contributed by atoms with Crippen molar-refractivity contribution in [1.29, 1.82) is 0 Å². The van der Waals surface area contributed by atoms with Crippen molar-refractivity contribution < 1.29 is 13.5 Å². The zero-order valence-electron chi connectivity index (χ0n) is 11.3. The molecule has 0 saturated heterocycles. The molecule has 0 atom stereocenters. The Kier molecular flexibility index (Phi) is 4.93. The summed E-state index contributed by atoms with van der Waals surface area (Å²) in [5.41, 5.74) is 1.13. The minimum absolute atomic E-state index is 0.235.